The maximum Gasteiger partial charge on any atom is 0.251 e. The van der Waals surface area contributed by atoms with E-state index in [1.807, 2.05) is 13.0 Å². The monoisotopic (exact) mass is 291 g/mol. The summed E-state index contributed by atoms with van der Waals surface area (Å²) in [5.41, 5.74) is 1.31. The van der Waals surface area contributed by atoms with Crippen molar-refractivity contribution in [2.45, 2.75) is 13.5 Å². The van der Waals surface area contributed by atoms with Crippen LogP contribution in [0.1, 0.15) is 21.6 Å². The normalized spacial score (nSPS) is 10.3. The average Bonchev–Trinajstić information content (AvgIpc) is 2.45. The molecule has 1 heterocycles. The fourth-order valence-electron chi connectivity index (χ4n) is 1.91. The smallest absolute Gasteiger partial charge is 0.251 e. The number of aromatic nitrogens is 1. The third-order valence-electron chi connectivity index (χ3n) is 3.09. The van der Waals surface area contributed by atoms with E-state index >= 15 is 0 Å². The molecule has 1 aromatic carbocycles. The van der Waals surface area contributed by atoms with E-state index in [0.29, 0.717) is 5.69 Å². The second-order valence-corrected chi connectivity index (χ2v) is 4.51. The maximum absolute atomic E-state index is 13.6. The van der Waals surface area contributed by atoms with Gasteiger partial charge in [0.25, 0.3) is 5.91 Å². The SMILES string of the molecule is CNc1c(F)cc(C(=O)NCc2ncccc2C)cc1F. The van der Waals surface area contributed by atoms with Gasteiger partial charge in [-0.3, -0.25) is 9.78 Å². The van der Waals surface area contributed by atoms with Crippen LogP contribution in [-0.4, -0.2) is 17.9 Å². The molecule has 0 unspecified atom stereocenters. The van der Waals surface area contributed by atoms with E-state index in [-0.39, 0.29) is 17.8 Å². The highest BCUT2D eigenvalue weighted by molar-refractivity contribution is 5.94. The van der Waals surface area contributed by atoms with Gasteiger partial charge in [-0.2, -0.15) is 0 Å². The third kappa shape index (κ3) is 3.34. The Bertz CT molecular complexity index is 651. The molecule has 6 heteroatoms. The topological polar surface area (TPSA) is 54.0 Å². The molecule has 0 aliphatic carbocycles. The second kappa shape index (κ2) is 6.30. The van der Waals surface area contributed by atoms with Gasteiger partial charge in [-0.15, -0.1) is 0 Å². The maximum atomic E-state index is 13.6. The summed E-state index contributed by atoms with van der Waals surface area (Å²) in [7, 11) is 1.41. The first-order valence-electron chi connectivity index (χ1n) is 6.38. The number of carbonyl (C=O) groups excluding carboxylic acids is 1. The summed E-state index contributed by atoms with van der Waals surface area (Å²) in [6, 6.07) is 5.66. The molecule has 0 aliphatic heterocycles. The van der Waals surface area contributed by atoms with E-state index in [9.17, 15) is 13.6 Å². The molecule has 4 nitrogen and oxygen atoms in total. The number of aryl methyl sites for hydroxylation is 1. The molecule has 0 saturated heterocycles. The molecule has 0 radical (unpaired) electrons. The van der Waals surface area contributed by atoms with Crippen molar-refractivity contribution in [3.05, 3.63) is 58.9 Å². The Morgan fingerprint density at radius 3 is 2.52 bits per heavy atom. The Hall–Kier alpha value is -2.50. The molecule has 2 N–H and O–H groups in total. The van der Waals surface area contributed by atoms with Gasteiger partial charge in [-0.1, -0.05) is 6.07 Å². The molecule has 1 amide bonds. The van der Waals surface area contributed by atoms with E-state index < -0.39 is 17.5 Å². The standard InChI is InChI=1S/C15H15F2N3O/c1-9-4-3-5-19-13(9)8-20-15(21)10-6-11(16)14(18-2)12(17)7-10/h3-7,18H,8H2,1-2H3,(H,20,21). The highest BCUT2D eigenvalue weighted by Crippen LogP contribution is 2.20. The van der Waals surface area contributed by atoms with E-state index in [1.54, 1.807) is 12.3 Å². The summed E-state index contributed by atoms with van der Waals surface area (Å²) < 4.78 is 27.2. The highest BCUT2D eigenvalue weighted by Gasteiger charge is 2.14. The van der Waals surface area contributed by atoms with Crippen LogP contribution >= 0.6 is 0 Å². The molecule has 1 aromatic heterocycles. The van der Waals surface area contributed by atoms with Crippen molar-refractivity contribution in [3.8, 4) is 0 Å². The number of nitrogens with one attached hydrogen (secondary N) is 2. The van der Waals surface area contributed by atoms with Crippen LogP contribution in [0.2, 0.25) is 0 Å². The highest BCUT2D eigenvalue weighted by atomic mass is 19.1. The van der Waals surface area contributed by atoms with Crippen LogP contribution in [0.4, 0.5) is 14.5 Å². The number of anilines is 1. The molecule has 110 valence electrons. The zero-order valence-electron chi connectivity index (χ0n) is 11.7. The van der Waals surface area contributed by atoms with Crippen LogP contribution in [0.15, 0.2) is 30.5 Å². The van der Waals surface area contributed by atoms with Crippen molar-refractivity contribution in [1.29, 1.82) is 0 Å². The quantitative estimate of drug-likeness (QED) is 0.910. The van der Waals surface area contributed by atoms with Gasteiger partial charge < -0.3 is 10.6 Å². The van der Waals surface area contributed by atoms with Crippen molar-refractivity contribution in [2.75, 3.05) is 12.4 Å². The number of hydrogen-bond donors (Lipinski definition) is 2. The molecule has 0 fully saturated rings. The minimum atomic E-state index is -0.809. The predicted molar refractivity (Wildman–Crippen MR) is 76.0 cm³/mol. The minimum Gasteiger partial charge on any atom is -0.383 e. The van der Waals surface area contributed by atoms with Crippen LogP contribution in [0.3, 0.4) is 0 Å². The van der Waals surface area contributed by atoms with Gasteiger partial charge in [0.15, 0.2) is 0 Å². The largest absolute Gasteiger partial charge is 0.383 e. The van der Waals surface area contributed by atoms with Gasteiger partial charge in [-0.05, 0) is 30.7 Å². The number of hydrogen-bond acceptors (Lipinski definition) is 3. The van der Waals surface area contributed by atoms with Gasteiger partial charge in [-0.25, -0.2) is 8.78 Å². The molecular weight excluding hydrogens is 276 g/mol. The summed E-state index contributed by atoms with van der Waals surface area (Å²) >= 11 is 0. The van der Waals surface area contributed by atoms with Crippen LogP contribution in [0.5, 0.6) is 0 Å². The lowest BCUT2D eigenvalue weighted by molar-refractivity contribution is 0.0949. The van der Waals surface area contributed by atoms with E-state index in [0.717, 1.165) is 17.7 Å². The molecule has 2 rings (SSSR count). The van der Waals surface area contributed by atoms with Crippen LogP contribution in [0, 0.1) is 18.6 Å². The number of nitrogens with zero attached hydrogens (tertiary/aromatic N) is 1. The molecule has 21 heavy (non-hydrogen) atoms. The second-order valence-electron chi connectivity index (χ2n) is 4.51. The summed E-state index contributed by atoms with van der Waals surface area (Å²) in [6.07, 6.45) is 1.62. The summed E-state index contributed by atoms with van der Waals surface area (Å²) in [5.74, 6) is -2.17. The van der Waals surface area contributed by atoms with Crippen LogP contribution < -0.4 is 10.6 Å². The van der Waals surface area contributed by atoms with Crippen molar-refractivity contribution in [2.24, 2.45) is 0 Å². The number of rotatable bonds is 4. The fraction of sp³-hybridized carbons (Fsp3) is 0.200. The Morgan fingerprint density at radius 2 is 1.95 bits per heavy atom. The van der Waals surface area contributed by atoms with Gasteiger partial charge in [0.05, 0.1) is 12.2 Å². The number of benzene rings is 1. The van der Waals surface area contributed by atoms with Gasteiger partial charge >= 0.3 is 0 Å². The first-order valence-corrected chi connectivity index (χ1v) is 6.38. The van der Waals surface area contributed by atoms with Crippen LogP contribution in [-0.2, 0) is 6.54 Å². The first-order chi connectivity index (χ1) is 10.0. The Kier molecular flexibility index (Phi) is 4.47. The molecule has 0 bridgehead atoms. The van der Waals surface area contributed by atoms with Crippen LogP contribution in [0.25, 0.3) is 0 Å². The Labute approximate surface area is 121 Å². The zero-order valence-corrected chi connectivity index (χ0v) is 11.7. The molecule has 2 aromatic rings. The van der Waals surface area contributed by atoms with E-state index in [1.165, 1.54) is 7.05 Å². The van der Waals surface area contributed by atoms with Crippen molar-refractivity contribution < 1.29 is 13.6 Å². The van der Waals surface area contributed by atoms with E-state index in [4.69, 9.17) is 0 Å². The van der Waals surface area contributed by atoms with Gasteiger partial charge in [0.2, 0.25) is 0 Å². The number of carbonyl (C=O) groups is 1. The van der Waals surface area contributed by atoms with Gasteiger partial charge in [0, 0.05) is 18.8 Å². The summed E-state index contributed by atoms with van der Waals surface area (Å²) in [6.45, 7) is 2.07. The minimum absolute atomic E-state index is 0.0717. The molecule has 0 aliphatic rings. The molecule has 0 spiro atoms. The van der Waals surface area contributed by atoms with Crippen molar-refractivity contribution in [1.82, 2.24) is 10.3 Å². The summed E-state index contributed by atoms with van der Waals surface area (Å²) in [4.78, 5) is 16.1. The number of pyridine rings is 1. The first kappa shape index (κ1) is 14.9. The third-order valence-corrected chi connectivity index (χ3v) is 3.09. The predicted octanol–water partition coefficient (Wildman–Crippen LogP) is 2.64. The molecule has 0 atom stereocenters. The van der Waals surface area contributed by atoms with E-state index in [2.05, 4.69) is 15.6 Å². The fourth-order valence-corrected chi connectivity index (χ4v) is 1.91. The van der Waals surface area contributed by atoms with Gasteiger partial charge in [0.1, 0.15) is 17.3 Å². The number of halogens is 2. The van der Waals surface area contributed by atoms with Crippen molar-refractivity contribution >= 4 is 11.6 Å². The molecule has 0 saturated carbocycles. The lowest BCUT2D eigenvalue weighted by Crippen LogP contribution is -2.24. The average molecular weight is 291 g/mol. The Balaban J connectivity index is 2.13. The summed E-state index contributed by atoms with van der Waals surface area (Å²) in [5, 5.41) is 5.00. The number of amides is 1. The lowest BCUT2D eigenvalue weighted by Gasteiger charge is -2.09. The Morgan fingerprint density at radius 1 is 1.29 bits per heavy atom. The zero-order chi connectivity index (χ0) is 15.4. The van der Waals surface area contributed by atoms with Crippen molar-refractivity contribution in [3.63, 3.8) is 0 Å². The lowest BCUT2D eigenvalue weighted by atomic mass is 10.1. The molecular formula is C15H15F2N3O.